The Hall–Kier alpha value is -0.670. The predicted molar refractivity (Wildman–Crippen MR) is 66.3 cm³/mol. The molecule has 1 heterocycles. The molecule has 2 atom stereocenters. The molecule has 0 saturated heterocycles. The molecule has 2 unspecified atom stereocenters. The Morgan fingerprint density at radius 2 is 2.12 bits per heavy atom. The zero-order valence-corrected chi connectivity index (χ0v) is 10.6. The normalized spacial score (nSPS) is 28.4. The lowest BCUT2D eigenvalue weighted by molar-refractivity contribution is 0.116. The first-order valence-electron chi connectivity index (χ1n) is 5.73. The van der Waals surface area contributed by atoms with Crippen LogP contribution in [0.4, 0.5) is 0 Å². The number of hydrogen-bond acceptors (Lipinski definition) is 2. The molecule has 0 spiro atoms. The molecule has 2 nitrogen and oxygen atoms in total. The molecule has 16 heavy (non-hydrogen) atoms. The molecule has 0 fully saturated rings. The van der Waals surface area contributed by atoms with Gasteiger partial charge in [0.2, 0.25) is 0 Å². The van der Waals surface area contributed by atoms with Crippen molar-refractivity contribution in [2.75, 3.05) is 0 Å². The van der Waals surface area contributed by atoms with E-state index in [9.17, 15) is 9.32 Å². The zero-order valence-electron chi connectivity index (χ0n) is 9.77. The van der Waals surface area contributed by atoms with Crippen LogP contribution in [0.25, 0.3) is 0 Å². The van der Waals surface area contributed by atoms with Gasteiger partial charge in [-0.25, -0.2) is 0 Å². The molecule has 88 valence electrons. The quantitative estimate of drug-likeness (QED) is 0.878. The lowest BCUT2D eigenvalue weighted by Gasteiger charge is -2.23. The topological polar surface area (TPSA) is 37.3 Å². The van der Waals surface area contributed by atoms with Crippen molar-refractivity contribution in [2.24, 2.45) is 5.92 Å². The third-order valence-electron chi connectivity index (χ3n) is 3.16. The van der Waals surface area contributed by atoms with E-state index in [1.54, 1.807) is 0 Å². The van der Waals surface area contributed by atoms with E-state index in [1.807, 2.05) is 24.3 Å². The molecule has 1 N–H and O–H groups in total. The fraction of sp³-hybridized carbons (Fsp3) is 0.538. The van der Waals surface area contributed by atoms with Crippen LogP contribution in [0.3, 0.4) is 0 Å². The lowest BCUT2D eigenvalue weighted by Crippen LogP contribution is -2.27. The van der Waals surface area contributed by atoms with Gasteiger partial charge in [-0.15, -0.1) is 0 Å². The Labute approximate surface area is 99.1 Å². The first-order chi connectivity index (χ1) is 7.54. The van der Waals surface area contributed by atoms with Crippen molar-refractivity contribution in [1.82, 2.24) is 0 Å². The number of fused-ring (bicyclic) bond motifs is 1. The molecule has 2 rings (SSSR count). The van der Waals surface area contributed by atoms with Gasteiger partial charge in [0.1, 0.15) is 0 Å². The molecular formula is C13H18O2S. The summed E-state index contributed by atoms with van der Waals surface area (Å²) < 4.78 is 12.0. The molecule has 3 heteroatoms. The van der Waals surface area contributed by atoms with E-state index in [4.69, 9.17) is 0 Å². The molecule has 0 aromatic heterocycles. The van der Waals surface area contributed by atoms with E-state index in [1.165, 1.54) is 0 Å². The highest BCUT2D eigenvalue weighted by atomic mass is 32.2. The van der Waals surface area contributed by atoms with Crippen LogP contribution >= 0.6 is 0 Å². The zero-order chi connectivity index (χ0) is 11.8. The van der Waals surface area contributed by atoms with Crippen molar-refractivity contribution in [2.45, 2.75) is 37.4 Å². The Bertz CT molecular complexity index is 414. The van der Waals surface area contributed by atoms with Gasteiger partial charge in [-0.2, -0.15) is 0 Å². The Morgan fingerprint density at radius 1 is 1.44 bits per heavy atom. The van der Waals surface area contributed by atoms with Crippen LogP contribution in [-0.4, -0.2) is 9.32 Å². The van der Waals surface area contributed by atoms with Gasteiger partial charge in [-0.1, -0.05) is 38.1 Å². The van der Waals surface area contributed by atoms with E-state index < -0.39 is 15.7 Å². The maximum atomic E-state index is 12.0. The van der Waals surface area contributed by atoms with Gasteiger partial charge in [0.25, 0.3) is 0 Å². The molecule has 0 aliphatic carbocycles. The molecule has 1 aromatic rings. The lowest BCUT2D eigenvalue weighted by atomic mass is 9.97. The first kappa shape index (κ1) is 11.8. The van der Waals surface area contributed by atoms with Gasteiger partial charge in [0.15, 0.2) is 4.93 Å². The van der Waals surface area contributed by atoms with Crippen LogP contribution in [0.15, 0.2) is 24.3 Å². The van der Waals surface area contributed by atoms with Gasteiger partial charge in [-0.3, -0.25) is 4.21 Å². The van der Waals surface area contributed by atoms with Crippen molar-refractivity contribution >= 4 is 10.8 Å². The summed E-state index contributed by atoms with van der Waals surface area (Å²) in [5, 5.41) is 10.6. The van der Waals surface area contributed by atoms with Crippen LogP contribution in [0.1, 0.15) is 37.8 Å². The van der Waals surface area contributed by atoms with Crippen molar-refractivity contribution in [3.05, 3.63) is 35.4 Å². The molecule has 1 aromatic carbocycles. The van der Waals surface area contributed by atoms with Gasteiger partial charge in [0, 0.05) is 5.56 Å². The minimum absolute atomic E-state index is 0.491. The standard InChI is InChI=1S/C13H18O2S/c1-10(2)7-8-13(14)12-6-4-3-5-11(12)9-16(13)15/h3-6,10,14H,7-9H2,1-2H3. The van der Waals surface area contributed by atoms with Crippen molar-refractivity contribution in [3.63, 3.8) is 0 Å². The predicted octanol–water partition coefficient (Wildman–Crippen LogP) is 2.53. The van der Waals surface area contributed by atoms with Gasteiger partial charge >= 0.3 is 0 Å². The summed E-state index contributed by atoms with van der Waals surface area (Å²) in [7, 11) is -1.18. The van der Waals surface area contributed by atoms with Crippen molar-refractivity contribution < 1.29 is 9.32 Å². The van der Waals surface area contributed by atoms with E-state index in [0.717, 1.165) is 17.5 Å². The summed E-state index contributed by atoms with van der Waals surface area (Å²) in [6.07, 6.45) is 1.49. The van der Waals surface area contributed by atoms with E-state index in [0.29, 0.717) is 18.1 Å². The van der Waals surface area contributed by atoms with Crippen LogP contribution in [0.2, 0.25) is 0 Å². The average molecular weight is 238 g/mol. The Morgan fingerprint density at radius 3 is 2.81 bits per heavy atom. The number of benzene rings is 1. The van der Waals surface area contributed by atoms with Gasteiger partial charge in [0.05, 0.1) is 16.6 Å². The highest BCUT2D eigenvalue weighted by Gasteiger charge is 2.42. The fourth-order valence-corrected chi connectivity index (χ4v) is 3.71. The van der Waals surface area contributed by atoms with E-state index >= 15 is 0 Å². The second-order valence-corrected chi connectivity index (χ2v) is 6.52. The molecule has 0 bridgehead atoms. The van der Waals surface area contributed by atoms with Crippen LogP contribution in [-0.2, 0) is 21.5 Å². The number of aliphatic hydroxyl groups is 1. The van der Waals surface area contributed by atoms with Crippen LogP contribution in [0.5, 0.6) is 0 Å². The molecule has 0 saturated carbocycles. The first-order valence-corrected chi connectivity index (χ1v) is 7.05. The fourth-order valence-electron chi connectivity index (χ4n) is 2.14. The molecule has 1 aliphatic heterocycles. The molecular weight excluding hydrogens is 220 g/mol. The van der Waals surface area contributed by atoms with Gasteiger partial charge in [-0.05, 0) is 24.3 Å². The van der Waals surface area contributed by atoms with E-state index in [-0.39, 0.29) is 0 Å². The maximum Gasteiger partial charge on any atom is 0.165 e. The third kappa shape index (κ3) is 1.94. The Balaban J connectivity index is 2.30. The number of rotatable bonds is 3. The van der Waals surface area contributed by atoms with Crippen molar-refractivity contribution in [3.8, 4) is 0 Å². The SMILES string of the molecule is CC(C)CCC1(O)c2ccccc2CS1=O. The van der Waals surface area contributed by atoms with Crippen LogP contribution < -0.4 is 0 Å². The Kier molecular flexibility index (Phi) is 3.17. The highest BCUT2D eigenvalue weighted by molar-refractivity contribution is 7.85. The summed E-state index contributed by atoms with van der Waals surface area (Å²) in [5.41, 5.74) is 1.90. The van der Waals surface area contributed by atoms with Gasteiger partial charge < -0.3 is 5.11 Å². The minimum atomic E-state index is -1.18. The monoisotopic (exact) mass is 238 g/mol. The molecule has 0 radical (unpaired) electrons. The summed E-state index contributed by atoms with van der Waals surface area (Å²) in [5.74, 6) is 1.01. The summed E-state index contributed by atoms with van der Waals surface area (Å²) in [6, 6.07) is 7.70. The second-order valence-electron chi connectivity index (χ2n) is 4.86. The smallest absolute Gasteiger partial charge is 0.165 e. The average Bonchev–Trinajstić information content (AvgIpc) is 2.50. The third-order valence-corrected chi connectivity index (χ3v) is 4.91. The summed E-state index contributed by atoms with van der Waals surface area (Å²) in [4.78, 5) is -1.11. The highest BCUT2D eigenvalue weighted by Crippen LogP contribution is 2.41. The largest absolute Gasteiger partial charge is 0.373 e. The molecule has 1 aliphatic rings. The van der Waals surface area contributed by atoms with Crippen LogP contribution in [0, 0.1) is 5.92 Å². The van der Waals surface area contributed by atoms with E-state index in [2.05, 4.69) is 13.8 Å². The minimum Gasteiger partial charge on any atom is -0.373 e. The maximum absolute atomic E-state index is 12.0. The summed E-state index contributed by atoms with van der Waals surface area (Å²) in [6.45, 7) is 4.24. The number of hydrogen-bond donors (Lipinski definition) is 1. The van der Waals surface area contributed by atoms with Crippen molar-refractivity contribution in [1.29, 1.82) is 0 Å². The summed E-state index contributed by atoms with van der Waals surface area (Å²) >= 11 is 0. The second kappa shape index (κ2) is 4.30. The molecule has 0 amide bonds.